The van der Waals surface area contributed by atoms with Crippen LogP contribution in [-0.4, -0.2) is 16.9 Å². The van der Waals surface area contributed by atoms with Gasteiger partial charge in [-0.1, -0.05) is 18.2 Å². The molecule has 0 aliphatic heterocycles. The van der Waals surface area contributed by atoms with Crippen molar-refractivity contribution in [3.8, 4) is 5.75 Å². The van der Waals surface area contributed by atoms with E-state index >= 15 is 0 Å². The number of carbonyl (C=O) groups is 1. The molecule has 114 valence electrons. The summed E-state index contributed by atoms with van der Waals surface area (Å²) in [7, 11) is 0. The number of anilines is 1. The number of amides is 1. The van der Waals surface area contributed by atoms with Crippen LogP contribution in [0.5, 0.6) is 5.75 Å². The molecule has 2 rings (SSSR count). The second-order valence-corrected chi connectivity index (χ2v) is 4.48. The minimum atomic E-state index is -0.943. The average Bonchev–Trinajstić information content (AvgIpc) is 2.47. The lowest BCUT2D eigenvalue weighted by molar-refractivity contribution is -0.383. The summed E-state index contributed by atoms with van der Waals surface area (Å²) in [6.45, 7) is 1.47. The highest BCUT2D eigenvalue weighted by Crippen LogP contribution is 2.23. The largest absolute Gasteiger partial charge is 0.481 e. The summed E-state index contributed by atoms with van der Waals surface area (Å²) in [5, 5.41) is 13.3. The number of nitrogens with one attached hydrogen (secondary N) is 1. The Kier molecular flexibility index (Phi) is 4.67. The highest BCUT2D eigenvalue weighted by molar-refractivity contribution is 5.96. The number of hydrogen-bond acceptors (Lipinski definition) is 4. The van der Waals surface area contributed by atoms with Crippen LogP contribution >= 0.6 is 0 Å². The van der Waals surface area contributed by atoms with E-state index in [1.54, 1.807) is 6.07 Å². The van der Waals surface area contributed by atoms with Gasteiger partial charge in [0.1, 0.15) is 17.3 Å². The van der Waals surface area contributed by atoms with Crippen LogP contribution in [-0.2, 0) is 4.79 Å². The van der Waals surface area contributed by atoms with E-state index in [-0.39, 0.29) is 17.1 Å². The average molecular weight is 304 g/mol. The summed E-state index contributed by atoms with van der Waals surface area (Å²) in [5.74, 6) is -0.854. The smallest absolute Gasteiger partial charge is 0.292 e. The first kappa shape index (κ1) is 15.4. The normalized spacial score (nSPS) is 11.5. The predicted molar refractivity (Wildman–Crippen MR) is 78.2 cm³/mol. The second kappa shape index (κ2) is 6.66. The zero-order valence-corrected chi connectivity index (χ0v) is 11.7. The van der Waals surface area contributed by atoms with Crippen molar-refractivity contribution in [2.24, 2.45) is 0 Å². The Balaban J connectivity index is 2.07. The van der Waals surface area contributed by atoms with E-state index < -0.39 is 22.8 Å². The predicted octanol–water partition coefficient (Wildman–Crippen LogP) is 3.14. The Bertz CT molecular complexity index is 705. The number of ether oxygens (including phenoxy) is 1. The van der Waals surface area contributed by atoms with E-state index in [9.17, 15) is 19.3 Å². The van der Waals surface area contributed by atoms with E-state index in [1.165, 1.54) is 43.3 Å². The summed E-state index contributed by atoms with van der Waals surface area (Å²) < 4.78 is 18.4. The van der Waals surface area contributed by atoms with Crippen molar-refractivity contribution in [3.05, 3.63) is 64.5 Å². The third kappa shape index (κ3) is 3.78. The van der Waals surface area contributed by atoms with E-state index in [0.717, 1.165) is 6.07 Å². The van der Waals surface area contributed by atoms with Crippen LogP contribution in [0.2, 0.25) is 0 Å². The van der Waals surface area contributed by atoms with Crippen molar-refractivity contribution in [2.45, 2.75) is 13.0 Å². The number of nitro benzene ring substituents is 1. The molecule has 1 N–H and O–H groups in total. The van der Waals surface area contributed by atoms with Crippen molar-refractivity contribution < 1.29 is 18.8 Å². The van der Waals surface area contributed by atoms with Gasteiger partial charge in [0.05, 0.1) is 4.92 Å². The van der Waals surface area contributed by atoms with Crippen molar-refractivity contribution in [1.82, 2.24) is 0 Å². The molecule has 0 aliphatic carbocycles. The molecule has 0 heterocycles. The molecule has 0 saturated carbocycles. The molecule has 0 bridgehead atoms. The molecule has 0 saturated heterocycles. The topological polar surface area (TPSA) is 81.5 Å². The van der Waals surface area contributed by atoms with Crippen LogP contribution in [0.3, 0.4) is 0 Å². The van der Waals surface area contributed by atoms with Gasteiger partial charge in [-0.25, -0.2) is 4.39 Å². The monoisotopic (exact) mass is 304 g/mol. The molecule has 1 amide bonds. The number of carbonyl (C=O) groups excluding carboxylic acids is 1. The SMILES string of the molecule is C[C@@H](Oc1cccc(F)c1)C(=O)Nc1ccccc1[N+](=O)[O-]. The Hall–Kier alpha value is -2.96. The third-order valence-electron chi connectivity index (χ3n) is 2.84. The van der Waals surface area contributed by atoms with Crippen molar-refractivity contribution in [2.75, 3.05) is 5.32 Å². The van der Waals surface area contributed by atoms with Gasteiger partial charge in [-0.2, -0.15) is 0 Å². The standard InChI is InChI=1S/C15H13FN2O4/c1-10(22-12-6-4-5-11(16)9-12)15(19)17-13-7-2-3-8-14(13)18(20)21/h2-10H,1H3,(H,17,19)/t10-/m1/s1. The molecule has 22 heavy (non-hydrogen) atoms. The van der Waals surface area contributed by atoms with Crippen LogP contribution in [0, 0.1) is 15.9 Å². The summed E-state index contributed by atoms with van der Waals surface area (Å²) in [6, 6.07) is 11.1. The van der Waals surface area contributed by atoms with Crippen molar-refractivity contribution >= 4 is 17.3 Å². The lowest BCUT2D eigenvalue weighted by Gasteiger charge is -2.14. The van der Waals surface area contributed by atoms with Crippen LogP contribution < -0.4 is 10.1 Å². The molecule has 0 spiro atoms. The van der Waals surface area contributed by atoms with E-state index in [1.807, 2.05) is 0 Å². The van der Waals surface area contributed by atoms with Crippen LogP contribution in [0.4, 0.5) is 15.8 Å². The van der Waals surface area contributed by atoms with Gasteiger partial charge in [0.25, 0.3) is 11.6 Å². The Morgan fingerprint density at radius 1 is 1.27 bits per heavy atom. The van der Waals surface area contributed by atoms with Crippen LogP contribution in [0.15, 0.2) is 48.5 Å². The summed E-state index contributed by atoms with van der Waals surface area (Å²) in [6.07, 6.45) is -0.943. The number of hydrogen-bond donors (Lipinski definition) is 1. The van der Waals surface area contributed by atoms with E-state index in [2.05, 4.69) is 5.32 Å². The highest BCUT2D eigenvalue weighted by atomic mass is 19.1. The molecule has 7 heteroatoms. The molecule has 0 radical (unpaired) electrons. The van der Waals surface area contributed by atoms with Crippen LogP contribution in [0.25, 0.3) is 0 Å². The van der Waals surface area contributed by atoms with Crippen LogP contribution in [0.1, 0.15) is 6.92 Å². The molecular weight excluding hydrogens is 291 g/mol. The summed E-state index contributed by atoms with van der Waals surface area (Å²) in [5.41, 5.74) is -0.138. The van der Waals surface area contributed by atoms with Gasteiger partial charge >= 0.3 is 0 Å². The summed E-state index contributed by atoms with van der Waals surface area (Å²) in [4.78, 5) is 22.3. The third-order valence-corrected chi connectivity index (χ3v) is 2.84. The van der Waals surface area contributed by atoms with E-state index in [4.69, 9.17) is 4.74 Å². The number of para-hydroxylation sites is 2. The summed E-state index contributed by atoms with van der Waals surface area (Å²) >= 11 is 0. The van der Waals surface area contributed by atoms with E-state index in [0.29, 0.717) is 0 Å². The van der Waals surface area contributed by atoms with Crippen molar-refractivity contribution in [1.29, 1.82) is 0 Å². The van der Waals surface area contributed by atoms with Gasteiger partial charge in [0, 0.05) is 12.1 Å². The fraction of sp³-hybridized carbons (Fsp3) is 0.133. The number of rotatable bonds is 5. The zero-order chi connectivity index (χ0) is 16.1. The van der Waals surface area contributed by atoms with Gasteiger partial charge in [-0.15, -0.1) is 0 Å². The highest BCUT2D eigenvalue weighted by Gasteiger charge is 2.19. The number of nitro groups is 1. The minimum absolute atomic E-state index is 0.0761. The lowest BCUT2D eigenvalue weighted by Crippen LogP contribution is -2.30. The number of halogens is 1. The fourth-order valence-corrected chi connectivity index (χ4v) is 1.77. The molecule has 1 atom stereocenters. The number of benzene rings is 2. The van der Waals surface area contributed by atoms with Gasteiger partial charge in [-0.05, 0) is 25.1 Å². The van der Waals surface area contributed by atoms with Gasteiger partial charge in [0.2, 0.25) is 0 Å². The molecule has 2 aromatic rings. The maximum atomic E-state index is 13.1. The zero-order valence-electron chi connectivity index (χ0n) is 11.7. The van der Waals surface area contributed by atoms with Gasteiger partial charge in [-0.3, -0.25) is 14.9 Å². The maximum Gasteiger partial charge on any atom is 0.292 e. The Labute approximate surface area is 125 Å². The molecule has 0 aromatic heterocycles. The van der Waals surface area contributed by atoms with Gasteiger partial charge in [0.15, 0.2) is 6.10 Å². The fourth-order valence-electron chi connectivity index (χ4n) is 1.77. The molecular formula is C15H13FN2O4. The Morgan fingerprint density at radius 2 is 2.00 bits per heavy atom. The first-order valence-electron chi connectivity index (χ1n) is 6.44. The molecule has 0 fully saturated rings. The van der Waals surface area contributed by atoms with Gasteiger partial charge < -0.3 is 10.1 Å². The molecule has 2 aromatic carbocycles. The lowest BCUT2D eigenvalue weighted by atomic mass is 10.2. The quantitative estimate of drug-likeness (QED) is 0.679. The minimum Gasteiger partial charge on any atom is -0.481 e. The molecule has 0 aliphatic rings. The van der Waals surface area contributed by atoms with Crippen molar-refractivity contribution in [3.63, 3.8) is 0 Å². The molecule has 6 nitrogen and oxygen atoms in total. The first-order chi connectivity index (χ1) is 10.5. The first-order valence-corrected chi connectivity index (χ1v) is 6.44. The maximum absolute atomic E-state index is 13.1. The number of nitrogens with zero attached hydrogens (tertiary/aromatic N) is 1. The second-order valence-electron chi connectivity index (χ2n) is 4.48. The molecule has 0 unspecified atom stereocenters. The Morgan fingerprint density at radius 3 is 2.68 bits per heavy atom.